The molecule has 1 amide bonds. The van der Waals surface area contributed by atoms with Crippen LogP contribution in [0.1, 0.15) is 16.1 Å². The van der Waals surface area contributed by atoms with Crippen LogP contribution in [0.25, 0.3) is 10.9 Å². The van der Waals surface area contributed by atoms with E-state index in [1.165, 1.54) is 12.1 Å². The van der Waals surface area contributed by atoms with Gasteiger partial charge in [-0.2, -0.15) is 5.10 Å². The molecule has 3 aromatic rings. The van der Waals surface area contributed by atoms with Crippen molar-refractivity contribution in [3.8, 4) is 0 Å². The fourth-order valence-electron chi connectivity index (χ4n) is 1.88. The lowest BCUT2D eigenvalue weighted by Gasteiger charge is -2.02. The number of aryl methyl sites for hydroxylation is 1. The average molecular weight is 270 g/mol. The molecule has 0 radical (unpaired) electrons. The van der Waals surface area contributed by atoms with Gasteiger partial charge in [0.1, 0.15) is 11.6 Å². The summed E-state index contributed by atoms with van der Waals surface area (Å²) >= 11 is 0. The molecule has 100 valence electrons. The van der Waals surface area contributed by atoms with E-state index in [0.717, 1.165) is 5.56 Å². The number of H-pyrrole nitrogens is 1. The summed E-state index contributed by atoms with van der Waals surface area (Å²) in [6, 6.07) is 7.66. The molecular weight excluding hydrogens is 259 g/mol. The minimum atomic E-state index is -0.432. The molecule has 1 aromatic carbocycles. The SMILES string of the molecule is Cc1ccc(NC(=O)c2n[nH]c3ccc(F)cc23)nc1. The van der Waals surface area contributed by atoms with Gasteiger partial charge in [-0.1, -0.05) is 6.07 Å². The van der Waals surface area contributed by atoms with Crippen molar-refractivity contribution >= 4 is 22.6 Å². The van der Waals surface area contributed by atoms with Gasteiger partial charge in [0.15, 0.2) is 5.69 Å². The van der Waals surface area contributed by atoms with Crippen molar-refractivity contribution in [3.05, 3.63) is 53.6 Å². The number of carbonyl (C=O) groups is 1. The molecule has 2 aromatic heterocycles. The highest BCUT2D eigenvalue weighted by Crippen LogP contribution is 2.18. The number of pyridine rings is 1. The maximum absolute atomic E-state index is 13.2. The van der Waals surface area contributed by atoms with Crippen molar-refractivity contribution < 1.29 is 9.18 Å². The van der Waals surface area contributed by atoms with Crippen molar-refractivity contribution in [1.29, 1.82) is 0 Å². The molecule has 0 bridgehead atoms. The van der Waals surface area contributed by atoms with Crippen molar-refractivity contribution in [2.75, 3.05) is 5.32 Å². The summed E-state index contributed by atoms with van der Waals surface area (Å²) in [4.78, 5) is 16.2. The number of amides is 1. The van der Waals surface area contributed by atoms with Crippen molar-refractivity contribution in [1.82, 2.24) is 15.2 Å². The van der Waals surface area contributed by atoms with E-state index in [4.69, 9.17) is 0 Å². The Bertz CT molecular complexity index is 779. The normalized spacial score (nSPS) is 10.7. The lowest BCUT2D eigenvalue weighted by molar-refractivity contribution is 0.102. The lowest BCUT2D eigenvalue weighted by Crippen LogP contribution is -2.13. The molecule has 2 heterocycles. The number of nitrogens with one attached hydrogen (secondary N) is 2. The fraction of sp³-hybridized carbons (Fsp3) is 0.0714. The number of fused-ring (bicyclic) bond motifs is 1. The van der Waals surface area contributed by atoms with Crippen LogP contribution in [0, 0.1) is 12.7 Å². The summed E-state index contributed by atoms with van der Waals surface area (Å²) < 4.78 is 13.2. The van der Waals surface area contributed by atoms with Gasteiger partial charge in [0, 0.05) is 11.6 Å². The molecule has 3 rings (SSSR count). The summed E-state index contributed by atoms with van der Waals surface area (Å²) in [5, 5.41) is 9.68. The van der Waals surface area contributed by atoms with E-state index in [0.29, 0.717) is 16.7 Å². The Balaban J connectivity index is 1.92. The minimum absolute atomic E-state index is 0.141. The maximum Gasteiger partial charge on any atom is 0.277 e. The number of halogens is 1. The molecule has 0 saturated carbocycles. The second-order valence-corrected chi connectivity index (χ2v) is 4.44. The smallest absolute Gasteiger partial charge is 0.277 e. The van der Waals surface area contributed by atoms with Gasteiger partial charge in [0.05, 0.1) is 5.52 Å². The standard InChI is InChI=1S/C14H11FN4O/c1-8-2-5-12(16-7-8)17-14(20)13-10-6-9(15)3-4-11(10)18-19-13/h2-7H,1H3,(H,18,19)(H,16,17,20). The van der Waals surface area contributed by atoms with E-state index < -0.39 is 11.7 Å². The monoisotopic (exact) mass is 270 g/mol. The van der Waals surface area contributed by atoms with Gasteiger partial charge < -0.3 is 5.32 Å². The van der Waals surface area contributed by atoms with Crippen molar-refractivity contribution in [2.24, 2.45) is 0 Å². The number of benzene rings is 1. The van der Waals surface area contributed by atoms with E-state index in [-0.39, 0.29) is 5.69 Å². The second-order valence-electron chi connectivity index (χ2n) is 4.44. The maximum atomic E-state index is 13.2. The molecule has 0 aliphatic heterocycles. The van der Waals surface area contributed by atoms with Crippen LogP contribution in [0.5, 0.6) is 0 Å². The number of anilines is 1. The summed E-state index contributed by atoms with van der Waals surface area (Å²) in [6.07, 6.45) is 1.65. The Kier molecular flexibility index (Phi) is 2.90. The third-order valence-corrected chi connectivity index (χ3v) is 2.89. The number of carbonyl (C=O) groups excluding carboxylic acids is 1. The number of hydrogen-bond acceptors (Lipinski definition) is 3. The molecule has 20 heavy (non-hydrogen) atoms. The van der Waals surface area contributed by atoms with E-state index >= 15 is 0 Å². The highest BCUT2D eigenvalue weighted by atomic mass is 19.1. The van der Waals surface area contributed by atoms with Gasteiger partial charge in [-0.15, -0.1) is 0 Å². The van der Waals surface area contributed by atoms with Crippen molar-refractivity contribution in [3.63, 3.8) is 0 Å². The Morgan fingerprint density at radius 1 is 1.30 bits per heavy atom. The van der Waals surface area contributed by atoms with Gasteiger partial charge in [-0.3, -0.25) is 9.89 Å². The highest BCUT2D eigenvalue weighted by Gasteiger charge is 2.15. The van der Waals surface area contributed by atoms with Crippen LogP contribution in [0.2, 0.25) is 0 Å². The first-order valence-corrected chi connectivity index (χ1v) is 6.01. The number of rotatable bonds is 2. The molecule has 2 N–H and O–H groups in total. The van der Waals surface area contributed by atoms with Gasteiger partial charge >= 0.3 is 0 Å². The first-order valence-electron chi connectivity index (χ1n) is 6.01. The van der Waals surface area contributed by atoms with Crippen LogP contribution in [-0.2, 0) is 0 Å². The first-order chi connectivity index (χ1) is 9.63. The zero-order valence-electron chi connectivity index (χ0n) is 10.6. The predicted octanol–water partition coefficient (Wildman–Crippen LogP) is 2.66. The van der Waals surface area contributed by atoms with E-state index in [9.17, 15) is 9.18 Å². The van der Waals surface area contributed by atoms with Gasteiger partial charge in [0.25, 0.3) is 5.91 Å². The molecule has 0 aliphatic rings. The van der Waals surface area contributed by atoms with Crippen LogP contribution in [-0.4, -0.2) is 21.1 Å². The van der Waals surface area contributed by atoms with Gasteiger partial charge in [-0.05, 0) is 36.8 Å². The Labute approximate surface area is 113 Å². The molecule has 6 heteroatoms. The quantitative estimate of drug-likeness (QED) is 0.752. The predicted molar refractivity (Wildman–Crippen MR) is 73.0 cm³/mol. The van der Waals surface area contributed by atoms with E-state index in [2.05, 4.69) is 20.5 Å². The number of nitrogens with zero attached hydrogens (tertiary/aromatic N) is 2. The topological polar surface area (TPSA) is 70.7 Å². The number of hydrogen-bond donors (Lipinski definition) is 2. The van der Waals surface area contributed by atoms with Crippen LogP contribution in [0.4, 0.5) is 10.2 Å². The molecule has 0 saturated heterocycles. The summed E-state index contributed by atoms with van der Waals surface area (Å²) in [5.41, 5.74) is 1.74. The fourth-order valence-corrected chi connectivity index (χ4v) is 1.88. The van der Waals surface area contributed by atoms with Gasteiger partial charge in [0.2, 0.25) is 0 Å². The minimum Gasteiger partial charge on any atom is -0.305 e. The zero-order valence-corrected chi connectivity index (χ0v) is 10.6. The zero-order chi connectivity index (χ0) is 14.1. The van der Waals surface area contributed by atoms with Crippen LogP contribution >= 0.6 is 0 Å². The summed E-state index contributed by atoms with van der Waals surface area (Å²) in [5.74, 6) is -0.423. The first kappa shape index (κ1) is 12.3. The van der Waals surface area contributed by atoms with E-state index in [1.807, 2.05) is 13.0 Å². The molecular formula is C14H11FN4O. The molecule has 0 spiro atoms. The van der Waals surface area contributed by atoms with Crippen LogP contribution < -0.4 is 5.32 Å². The largest absolute Gasteiger partial charge is 0.305 e. The summed E-state index contributed by atoms with van der Waals surface area (Å²) in [6.45, 7) is 1.91. The van der Waals surface area contributed by atoms with Crippen LogP contribution in [0.3, 0.4) is 0 Å². The number of aromatic amines is 1. The Morgan fingerprint density at radius 3 is 2.90 bits per heavy atom. The average Bonchev–Trinajstić information content (AvgIpc) is 2.84. The van der Waals surface area contributed by atoms with Crippen molar-refractivity contribution in [2.45, 2.75) is 6.92 Å². The molecule has 0 atom stereocenters. The second kappa shape index (κ2) is 4.73. The van der Waals surface area contributed by atoms with Gasteiger partial charge in [-0.25, -0.2) is 9.37 Å². The summed E-state index contributed by atoms with van der Waals surface area (Å²) in [7, 11) is 0. The number of aromatic nitrogens is 3. The molecule has 5 nitrogen and oxygen atoms in total. The molecule has 0 fully saturated rings. The molecule has 0 aliphatic carbocycles. The Hall–Kier alpha value is -2.76. The lowest BCUT2D eigenvalue weighted by atomic mass is 10.2. The van der Waals surface area contributed by atoms with E-state index in [1.54, 1.807) is 18.3 Å². The Morgan fingerprint density at radius 2 is 2.15 bits per heavy atom. The highest BCUT2D eigenvalue weighted by molar-refractivity contribution is 6.10. The van der Waals surface area contributed by atoms with Crippen LogP contribution in [0.15, 0.2) is 36.5 Å². The third kappa shape index (κ3) is 2.23. The third-order valence-electron chi connectivity index (χ3n) is 2.89. The molecule has 0 unspecified atom stereocenters.